The maximum absolute atomic E-state index is 13.9. The van der Waals surface area contributed by atoms with Gasteiger partial charge in [0.2, 0.25) is 10.0 Å². The van der Waals surface area contributed by atoms with Gasteiger partial charge in [0.05, 0.1) is 28.3 Å². The van der Waals surface area contributed by atoms with E-state index in [1.807, 2.05) is 6.92 Å². The zero-order valence-corrected chi connectivity index (χ0v) is 24.7. The largest absolute Gasteiger partial charge is 0.379 e. The van der Waals surface area contributed by atoms with Crippen molar-refractivity contribution in [3.05, 3.63) is 53.1 Å². The van der Waals surface area contributed by atoms with Crippen molar-refractivity contribution in [3.63, 3.8) is 0 Å². The molecule has 3 heterocycles. The summed E-state index contributed by atoms with van der Waals surface area (Å²) in [5.41, 5.74) is 3.64. The number of sulfonamides is 1. The van der Waals surface area contributed by atoms with E-state index in [9.17, 15) is 13.2 Å². The summed E-state index contributed by atoms with van der Waals surface area (Å²) in [4.78, 5) is 23.1. The number of carbonyl (C=O) groups is 1. The van der Waals surface area contributed by atoms with Crippen LogP contribution in [0.3, 0.4) is 0 Å². The third kappa shape index (κ3) is 6.36. The average molecular weight is 571 g/mol. The van der Waals surface area contributed by atoms with Crippen LogP contribution in [0, 0.1) is 19.8 Å². The van der Waals surface area contributed by atoms with Crippen LogP contribution in [0.1, 0.15) is 47.7 Å². The molecule has 0 spiro atoms. The van der Waals surface area contributed by atoms with Crippen LogP contribution >= 0.6 is 11.3 Å². The minimum Gasteiger partial charge on any atom is -0.379 e. The fraction of sp³-hybridized carbons (Fsp3) is 0.517. The predicted octanol–water partition coefficient (Wildman–Crippen LogP) is 4.70. The van der Waals surface area contributed by atoms with Crippen LogP contribution in [0.2, 0.25) is 0 Å². The smallest absolute Gasteiger partial charge is 0.260 e. The summed E-state index contributed by atoms with van der Waals surface area (Å²) in [6.45, 7) is 12.0. The van der Waals surface area contributed by atoms with Gasteiger partial charge in [-0.05, 0) is 80.5 Å². The molecular formula is C29H38N4O4S2. The Morgan fingerprint density at radius 1 is 1.13 bits per heavy atom. The molecule has 0 radical (unpaired) electrons. The lowest BCUT2D eigenvalue weighted by atomic mass is 10.0. The molecule has 10 heteroatoms. The maximum atomic E-state index is 13.9. The molecule has 0 aliphatic carbocycles. The zero-order chi connectivity index (χ0) is 27.6. The number of aryl methyl sites for hydroxylation is 2. The number of piperidine rings is 1. The summed E-state index contributed by atoms with van der Waals surface area (Å²) in [5, 5.41) is 0.671. The quantitative estimate of drug-likeness (QED) is 0.390. The summed E-state index contributed by atoms with van der Waals surface area (Å²) in [6, 6.07) is 10.6. The number of rotatable bonds is 8. The molecule has 210 valence electrons. The minimum atomic E-state index is -3.58. The molecule has 1 aromatic heterocycles. The lowest BCUT2D eigenvalue weighted by Gasteiger charge is -2.30. The second-order valence-corrected chi connectivity index (χ2v) is 13.8. The number of ether oxygens (including phenoxy) is 1. The highest BCUT2D eigenvalue weighted by atomic mass is 32.2. The van der Waals surface area contributed by atoms with Crippen LogP contribution in [0.25, 0.3) is 10.2 Å². The molecule has 1 amide bonds. The molecule has 0 saturated carbocycles. The number of hydrogen-bond acceptors (Lipinski definition) is 7. The van der Waals surface area contributed by atoms with E-state index in [0.717, 1.165) is 67.9 Å². The van der Waals surface area contributed by atoms with Crippen molar-refractivity contribution in [1.82, 2.24) is 14.2 Å². The van der Waals surface area contributed by atoms with E-state index >= 15 is 0 Å². The molecule has 0 N–H and O–H groups in total. The fourth-order valence-corrected chi connectivity index (χ4v) is 8.24. The molecule has 2 aliphatic heterocycles. The van der Waals surface area contributed by atoms with Gasteiger partial charge >= 0.3 is 0 Å². The lowest BCUT2D eigenvalue weighted by Crippen LogP contribution is -2.39. The molecule has 5 rings (SSSR count). The number of nitrogens with zero attached hydrogens (tertiary/aromatic N) is 4. The van der Waals surface area contributed by atoms with Crippen molar-refractivity contribution in [2.24, 2.45) is 5.92 Å². The second-order valence-electron chi connectivity index (χ2n) is 10.8. The van der Waals surface area contributed by atoms with Gasteiger partial charge in [-0.2, -0.15) is 4.31 Å². The van der Waals surface area contributed by atoms with Gasteiger partial charge in [0.1, 0.15) is 0 Å². The third-order valence-corrected chi connectivity index (χ3v) is 10.5. The second kappa shape index (κ2) is 12.0. The van der Waals surface area contributed by atoms with Crippen LogP contribution in [-0.4, -0.2) is 81.0 Å². The Labute approximate surface area is 235 Å². The Morgan fingerprint density at radius 2 is 1.87 bits per heavy atom. The monoisotopic (exact) mass is 570 g/mol. The van der Waals surface area contributed by atoms with Crippen molar-refractivity contribution in [2.45, 2.75) is 44.9 Å². The molecule has 8 nitrogen and oxygen atoms in total. The van der Waals surface area contributed by atoms with Gasteiger partial charge in [-0.15, -0.1) is 0 Å². The van der Waals surface area contributed by atoms with Gasteiger partial charge in [-0.3, -0.25) is 14.6 Å². The molecule has 2 aromatic carbocycles. The summed E-state index contributed by atoms with van der Waals surface area (Å²) in [6.07, 6.45) is 2.72. The molecule has 2 saturated heterocycles. The number of aromatic nitrogens is 1. The topological polar surface area (TPSA) is 83.0 Å². The highest BCUT2D eigenvalue weighted by molar-refractivity contribution is 7.89. The van der Waals surface area contributed by atoms with Crippen LogP contribution in [0.5, 0.6) is 0 Å². The van der Waals surface area contributed by atoms with Gasteiger partial charge in [0.15, 0.2) is 5.13 Å². The van der Waals surface area contributed by atoms with Crippen molar-refractivity contribution in [1.29, 1.82) is 0 Å². The van der Waals surface area contributed by atoms with E-state index in [4.69, 9.17) is 9.72 Å². The van der Waals surface area contributed by atoms with Crippen LogP contribution < -0.4 is 4.90 Å². The minimum absolute atomic E-state index is 0.166. The summed E-state index contributed by atoms with van der Waals surface area (Å²) < 4.78 is 34.6. The first-order valence-corrected chi connectivity index (χ1v) is 16.1. The fourth-order valence-electron chi connectivity index (χ4n) is 5.47. The highest BCUT2D eigenvalue weighted by Gasteiger charge is 2.29. The summed E-state index contributed by atoms with van der Waals surface area (Å²) in [7, 11) is -3.58. The van der Waals surface area contributed by atoms with E-state index in [0.29, 0.717) is 36.2 Å². The van der Waals surface area contributed by atoms with E-state index in [-0.39, 0.29) is 10.8 Å². The standard InChI is InChI=1S/C29H38N4O4S2/c1-21-6-4-12-32(20-21)39(35,36)25-9-7-24(8-10-25)28(34)33(13-5-11-31-14-16-37-17-15-31)29-30-27-23(3)18-22(2)19-26(27)38-29/h7-10,18-19,21H,4-6,11-17,20H2,1-3H3. The van der Waals surface area contributed by atoms with Crippen molar-refractivity contribution in [2.75, 3.05) is 57.4 Å². The average Bonchev–Trinajstić information content (AvgIpc) is 3.35. The lowest BCUT2D eigenvalue weighted by molar-refractivity contribution is 0.0376. The Kier molecular flexibility index (Phi) is 8.68. The number of morpholine rings is 1. The molecule has 0 bridgehead atoms. The SMILES string of the molecule is Cc1cc(C)c2nc(N(CCCN3CCOCC3)C(=O)c3ccc(S(=O)(=O)N4CCCC(C)C4)cc3)sc2c1. The normalized spacial score (nSPS) is 19.4. The summed E-state index contributed by atoms with van der Waals surface area (Å²) >= 11 is 1.53. The third-order valence-electron chi connectivity index (χ3n) is 7.61. The van der Waals surface area contributed by atoms with Crippen LogP contribution in [0.4, 0.5) is 5.13 Å². The Bertz CT molecular complexity index is 1420. The van der Waals surface area contributed by atoms with E-state index in [2.05, 4.69) is 30.9 Å². The number of fused-ring (bicyclic) bond motifs is 1. The Morgan fingerprint density at radius 3 is 2.59 bits per heavy atom. The zero-order valence-electron chi connectivity index (χ0n) is 23.1. The van der Waals surface area contributed by atoms with E-state index in [1.54, 1.807) is 33.5 Å². The molecule has 1 atom stereocenters. The number of benzene rings is 2. The molecule has 2 fully saturated rings. The number of anilines is 1. The predicted molar refractivity (Wildman–Crippen MR) is 156 cm³/mol. The first-order valence-electron chi connectivity index (χ1n) is 13.8. The first kappa shape index (κ1) is 28.2. The van der Waals surface area contributed by atoms with Gasteiger partial charge < -0.3 is 4.74 Å². The Hall–Kier alpha value is -2.37. The number of amides is 1. The van der Waals surface area contributed by atoms with E-state index in [1.165, 1.54) is 16.9 Å². The van der Waals surface area contributed by atoms with Crippen LogP contribution in [-0.2, 0) is 14.8 Å². The van der Waals surface area contributed by atoms with E-state index < -0.39 is 10.0 Å². The van der Waals surface area contributed by atoms with Gasteiger partial charge in [-0.1, -0.05) is 24.3 Å². The number of thiazole rings is 1. The van der Waals surface area contributed by atoms with Crippen molar-refractivity contribution < 1.29 is 17.9 Å². The summed E-state index contributed by atoms with van der Waals surface area (Å²) in [5.74, 6) is 0.183. The highest BCUT2D eigenvalue weighted by Crippen LogP contribution is 2.33. The van der Waals surface area contributed by atoms with Gasteiger partial charge in [-0.25, -0.2) is 13.4 Å². The molecule has 3 aromatic rings. The molecule has 2 aliphatic rings. The van der Waals surface area contributed by atoms with Crippen molar-refractivity contribution in [3.8, 4) is 0 Å². The number of hydrogen-bond donors (Lipinski definition) is 0. The molecular weight excluding hydrogens is 532 g/mol. The molecule has 1 unspecified atom stereocenters. The van der Waals surface area contributed by atoms with Gasteiger partial charge in [0, 0.05) is 44.8 Å². The van der Waals surface area contributed by atoms with Gasteiger partial charge in [0.25, 0.3) is 5.91 Å². The Balaban J connectivity index is 1.39. The number of carbonyl (C=O) groups excluding carboxylic acids is 1. The maximum Gasteiger partial charge on any atom is 0.260 e. The first-order chi connectivity index (χ1) is 18.7. The van der Waals surface area contributed by atoms with Crippen molar-refractivity contribution >= 4 is 42.6 Å². The van der Waals surface area contributed by atoms with Crippen LogP contribution in [0.15, 0.2) is 41.3 Å². The molecule has 39 heavy (non-hydrogen) atoms.